The van der Waals surface area contributed by atoms with E-state index in [1.54, 1.807) is 0 Å². The topological polar surface area (TPSA) is 40.7 Å². The second-order valence-electron chi connectivity index (χ2n) is 4.93. The third-order valence-corrected chi connectivity index (χ3v) is 3.53. The number of H-pyrrole nitrogens is 1. The van der Waals surface area contributed by atoms with Crippen molar-refractivity contribution in [1.82, 2.24) is 10.2 Å². The molecule has 15 heavy (non-hydrogen) atoms. The highest BCUT2D eigenvalue weighted by molar-refractivity contribution is 5.39. The Morgan fingerprint density at radius 2 is 2.20 bits per heavy atom. The molecule has 3 nitrogen and oxygen atoms in total. The largest absolute Gasteiger partial charge is 0.379 e. The highest BCUT2D eigenvalue weighted by Gasteiger charge is 2.27. The van der Waals surface area contributed by atoms with Crippen LogP contribution in [0.4, 0.5) is 5.69 Å². The Morgan fingerprint density at radius 1 is 1.40 bits per heavy atom. The van der Waals surface area contributed by atoms with E-state index >= 15 is 0 Å². The van der Waals surface area contributed by atoms with Crippen molar-refractivity contribution in [2.75, 3.05) is 5.32 Å². The van der Waals surface area contributed by atoms with Crippen molar-refractivity contribution in [3.8, 4) is 0 Å². The van der Waals surface area contributed by atoms with Gasteiger partial charge in [-0.05, 0) is 24.7 Å². The smallest absolute Gasteiger partial charge is 0.0726 e. The van der Waals surface area contributed by atoms with Crippen molar-refractivity contribution in [3.63, 3.8) is 0 Å². The molecular weight excluding hydrogens is 186 g/mol. The molecular formula is C12H21N3. The van der Waals surface area contributed by atoms with Crippen LogP contribution in [0.15, 0.2) is 12.4 Å². The van der Waals surface area contributed by atoms with Crippen LogP contribution in [0, 0.1) is 11.8 Å². The third kappa shape index (κ3) is 2.52. The summed E-state index contributed by atoms with van der Waals surface area (Å²) in [6.07, 6.45) is 9.23. The van der Waals surface area contributed by atoms with Gasteiger partial charge in [-0.2, -0.15) is 5.10 Å². The van der Waals surface area contributed by atoms with Gasteiger partial charge in [0, 0.05) is 12.2 Å². The molecule has 0 amide bonds. The summed E-state index contributed by atoms with van der Waals surface area (Å²) in [5.41, 5.74) is 1.13. The zero-order chi connectivity index (χ0) is 10.7. The first-order valence-corrected chi connectivity index (χ1v) is 6.02. The van der Waals surface area contributed by atoms with E-state index in [1.807, 2.05) is 12.4 Å². The number of rotatable bonds is 3. The molecule has 0 bridgehead atoms. The fraction of sp³-hybridized carbons (Fsp3) is 0.750. The summed E-state index contributed by atoms with van der Waals surface area (Å²) in [5, 5.41) is 10.4. The number of aromatic amines is 1. The Kier molecular flexibility index (Phi) is 3.29. The van der Waals surface area contributed by atoms with E-state index in [4.69, 9.17) is 0 Å². The summed E-state index contributed by atoms with van der Waals surface area (Å²) in [6.45, 7) is 4.67. The molecule has 1 aromatic rings. The number of hydrogen-bond acceptors (Lipinski definition) is 2. The molecule has 2 atom stereocenters. The molecule has 1 fully saturated rings. The van der Waals surface area contributed by atoms with E-state index in [-0.39, 0.29) is 0 Å². The summed E-state index contributed by atoms with van der Waals surface area (Å²) < 4.78 is 0. The van der Waals surface area contributed by atoms with Crippen molar-refractivity contribution in [3.05, 3.63) is 12.4 Å². The van der Waals surface area contributed by atoms with Gasteiger partial charge in [-0.25, -0.2) is 0 Å². The molecule has 84 valence electrons. The van der Waals surface area contributed by atoms with Gasteiger partial charge in [-0.15, -0.1) is 0 Å². The van der Waals surface area contributed by atoms with Crippen molar-refractivity contribution in [1.29, 1.82) is 0 Å². The summed E-state index contributed by atoms with van der Waals surface area (Å²) in [7, 11) is 0. The van der Waals surface area contributed by atoms with Crippen LogP contribution < -0.4 is 5.32 Å². The Morgan fingerprint density at radius 3 is 2.87 bits per heavy atom. The SMILES string of the molecule is CC(C)C1CCCCC1Nc1cn[nH]c1. The fourth-order valence-electron chi connectivity index (χ4n) is 2.68. The van der Waals surface area contributed by atoms with Gasteiger partial charge in [-0.3, -0.25) is 5.10 Å². The standard InChI is InChI=1S/C12H21N3/c1-9(2)11-5-3-4-6-12(11)15-10-7-13-14-8-10/h7-9,11-12,15H,3-6H2,1-2H3,(H,13,14). The van der Waals surface area contributed by atoms with Crippen LogP contribution in [-0.2, 0) is 0 Å². The Labute approximate surface area is 91.7 Å². The molecule has 2 unspecified atom stereocenters. The first-order valence-electron chi connectivity index (χ1n) is 6.02. The van der Waals surface area contributed by atoms with E-state index in [0.717, 1.165) is 17.5 Å². The van der Waals surface area contributed by atoms with Crippen molar-refractivity contribution in [2.45, 2.75) is 45.6 Å². The second-order valence-corrected chi connectivity index (χ2v) is 4.93. The lowest BCUT2D eigenvalue weighted by atomic mass is 9.78. The molecule has 2 rings (SSSR count). The van der Waals surface area contributed by atoms with E-state index in [0.29, 0.717) is 6.04 Å². The number of aromatic nitrogens is 2. The first-order chi connectivity index (χ1) is 7.27. The molecule has 3 heteroatoms. The van der Waals surface area contributed by atoms with Gasteiger partial charge in [0.1, 0.15) is 0 Å². The van der Waals surface area contributed by atoms with E-state index < -0.39 is 0 Å². The quantitative estimate of drug-likeness (QED) is 0.799. The maximum absolute atomic E-state index is 3.97. The van der Waals surface area contributed by atoms with Gasteiger partial charge in [0.05, 0.1) is 11.9 Å². The average Bonchev–Trinajstić information content (AvgIpc) is 2.71. The molecule has 2 N–H and O–H groups in total. The molecule has 0 spiro atoms. The molecule has 0 saturated heterocycles. The van der Waals surface area contributed by atoms with E-state index in [2.05, 4.69) is 29.4 Å². The van der Waals surface area contributed by atoms with Crippen molar-refractivity contribution >= 4 is 5.69 Å². The predicted octanol–water partition coefficient (Wildman–Crippen LogP) is 3.04. The van der Waals surface area contributed by atoms with Gasteiger partial charge < -0.3 is 5.32 Å². The summed E-state index contributed by atoms with van der Waals surface area (Å²) in [4.78, 5) is 0. The van der Waals surface area contributed by atoms with Crippen LogP contribution in [0.1, 0.15) is 39.5 Å². The average molecular weight is 207 g/mol. The van der Waals surface area contributed by atoms with Crippen LogP contribution in [0.5, 0.6) is 0 Å². The Balaban J connectivity index is 1.99. The second kappa shape index (κ2) is 4.69. The number of nitrogens with zero attached hydrogens (tertiary/aromatic N) is 1. The number of nitrogens with one attached hydrogen (secondary N) is 2. The van der Waals surface area contributed by atoms with Crippen LogP contribution in [0.2, 0.25) is 0 Å². The predicted molar refractivity (Wildman–Crippen MR) is 62.8 cm³/mol. The van der Waals surface area contributed by atoms with Gasteiger partial charge in [0.2, 0.25) is 0 Å². The maximum Gasteiger partial charge on any atom is 0.0726 e. The van der Waals surface area contributed by atoms with Crippen LogP contribution in [0.25, 0.3) is 0 Å². The molecule has 1 saturated carbocycles. The van der Waals surface area contributed by atoms with Crippen molar-refractivity contribution < 1.29 is 0 Å². The minimum atomic E-state index is 0.636. The van der Waals surface area contributed by atoms with Crippen LogP contribution in [0.3, 0.4) is 0 Å². The van der Waals surface area contributed by atoms with E-state index in [1.165, 1.54) is 25.7 Å². The monoisotopic (exact) mass is 207 g/mol. The molecule has 0 radical (unpaired) electrons. The summed E-state index contributed by atoms with van der Waals surface area (Å²) in [5.74, 6) is 1.59. The molecule has 1 heterocycles. The lowest BCUT2D eigenvalue weighted by molar-refractivity contribution is 0.254. The molecule has 0 aromatic carbocycles. The van der Waals surface area contributed by atoms with Gasteiger partial charge in [0.15, 0.2) is 0 Å². The minimum absolute atomic E-state index is 0.636. The van der Waals surface area contributed by atoms with Gasteiger partial charge >= 0.3 is 0 Å². The molecule has 1 aliphatic carbocycles. The Hall–Kier alpha value is -0.990. The lowest BCUT2D eigenvalue weighted by Gasteiger charge is -2.35. The summed E-state index contributed by atoms with van der Waals surface area (Å²) in [6, 6.07) is 0.636. The number of hydrogen-bond donors (Lipinski definition) is 2. The van der Waals surface area contributed by atoms with E-state index in [9.17, 15) is 0 Å². The molecule has 1 aromatic heterocycles. The zero-order valence-electron chi connectivity index (χ0n) is 9.66. The highest BCUT2D eigenvalue weighted by atomic mass is 15.1. The minimum Gasteiger partial charge on any atom is -0.379 e. The maximum atomic E-state index is 3.97. The van der Waals surface area contributed by atoms with Gasteiger partial charge in [0.25, 0.3) is 0 Å². The molecule has 0 aliphatic heterocycles. The highest BCUT2D eigenvalue weighted by Crippen LogP contribution is 2.31. The fourth-order valence-corrected chi connectivity index (χ4v) is 2.68. The third-order valence-electron chi connectivity index (χ3n) is 3.53. The molecule has 1 aliphatic rings. The van der Waals surface area contributed by atoms with Crippen LogP contribution in [-0.4, -0.2) is 16.2 Å². The first kappa shape index (κ1) is 10.5. The summed E-state index contributed by atoms with van der Waals surface area (Å²) >= 11 is 0. The normalized spacial score (nSPS) is 26.9. The lowest BCUT2D eigenvalue weighted by Crippen LogP contribution is -2.35. The number of anilines is 1. The van der Waals surface area contributed by atoms with Crippen LogP contribution >= 0.6 is 0 Å². The Bertz CT molecular complexity index is 279. The van der Waals surface area contributed by atoms with Gasteiger partial charge in [-0.1, -0.05) is 26.7 Å². The zero-order valence-corrected chi connectivity index (χ0v) is 9.66. The van der Waals surface area contributed by atoms with Crippen molar-refractivity contribution in [2.24, 2.45) is 11.8 Å².